The van der Waals surface area contributed by atoms with E-state index in [9.17, 15) is 0 Å². The Morgan fingerprint density at radius 2 is 2.00 bits per heavy atom. The lowest BCUT2D eigenvalue weighted by Gasteiger charge is -2.29. The molecule has 3 heteroatoms. The molecule has 0 unspecified atom stereocenters. The van der Waals surface area contributed by atoms with Crippen LogP contribution in [0.3, 0.4) is 0 Å². The van der Waals surface area contributed by atoms with Gasteiger partial charge in [-0.25, -0.2) is 9.97 Å². The van der Waals surface area contributed by atoms with E-state index in [2.05, 4.69) is 21.1 Å². The van der Waals surface area contributed by atoms with Crippen LogP contribution in [0.2, 0.25) is 0 Å². The molecule has 2 heterocycles. The fourth-order valence-electron chi connectivity index (χ4n) is 1.08. The van der Waals surface area contributed by atoms with Crippen LogP contribution in [-0.2, 0) is 0 Å². The fraction of sp³-hybridized carbons (Fsp3) is 0.333. The molecule has 0 N–H and O–H groups in total. The van der Waals surface area contributed by atoms with Gasteiger partial charge >= 0.3 is 0 Å². The summed E-state index contributed by atoms with van der Waals surface area (Å²) >= 11 is 0. The summed E-state index contributed by atoms with van der Waals surface area (Å²) in [6.07, 6.45) is 10.6. The highest BCUT2D eigenvalue weighted by atomic mass is 15.1. The molecule has 1 saturated heterocycles. The van der Waals surface area contributed by atoms with E-state index in [-0.39, 0.29) is 0 Å². The van der Waals surface area contributed by atoms with Crippen LogP contribution < -0.4 is 0 Å². The zero-order valence-corrected chi connectivity index (χ0v) is 6.85. The van der Waals surface area contributed by atoms with E-state index in [1.54, 1.807) is 6.33 Å². The number of likely N-dealkylation sites (tertiary alicyclic amines) is 1. The third kappa shape index (κ3) is 1.61. The lowest BCUT2D eigenvalue weighted by Crippen LogP contribution is -2.31. The molecule has 0 bridgehead atoms. The van der Waals surface area contributed by atoms with Crippen molar-refractivity contribution in [1.29, 1.82) is 0 Å². The first-order valence-electron chi connectivity index (χ1n) is 4.12. The van der Waals surface area contributed by atoms with E-state index in [1.165, 1.54) is 19.5 Å². The molecule has 1 fully saturated rings. The summed E-state index contributed by atoms with van der Waals surface area (Å²) in [6, 6.07) is 0. The van der Waals surface area contributed by atoms with Gasteiger partial charge in [-0.15, -0.1) is 0 Å². The molecule has 0 saturated carbocycles. The number of aromatic nitrogens is 2. The third-order valence-electron chi connectivity index (χ3n) is 1.95. The van der Waals surface area contributed by atoms with Gasteiger partial charge in [0.05, 0.1) is 0 Å². The number of hydrogen-bond acceptors (Lipinski definition) is 3. The van der Waals surface area contributed by atoms with Gasteiger partial charge in [0.25, 0.3) is 0 Å². The molecule has 1 aliphatic heterocycles. The van der Waals surface area contributed by atoms with Crippen molar-refractivity contribution < 1.29 is 0 Å². The number of nitrogens with zero attached hydrogens (tertiary/aromatic N) is 3. The molecule has 0 atom stereocenters. The summed E-state index contributed by atoms with van der Waals surface area (Å²) in [4.78, 5) is 10.1. The number of hydrogen-bond donors (Lipinski definition) is 0. The monoisotopic (exact) mass is 161 g/mol. The first-order chi connectivity index (χ1) is 5.95. The molecule has 2 rings (SSSR count). The van der Waals surface area contributed by atoms with Crippen molar-refractivity contribution in [3.8, 4) is 0 Å². The van der Waals surface area contributed by atoms with E-state index in [0.29, 0.717) is 0 Å². The Morgan fingerprint density at radius 3 is 2.58 bits per heavy atom. The van der Waals surface area contributed by atoms with Crippen molar-refractivity contribution >= 4 is 6.08 Å². The van der Waals surface area contributed by atoms with Gasteiger partial charge in [0.1, 0.15) is 6.33 Å². The van der Waals surface area contributed by atoms with Crippen LogP contribution in [0.25, 0.3) is 6.08 Å². The fourth-order valence-corrected chi connectivity index (χ4v) is 1.08. The van der Waals surface area contributed by atoms with Gasteiger partial charge in [0.15, 0.2) is 0 Å². The van der Waals surface area contributed by atoms with Crippen molar-refractivity contribution in [2.75, 3.05) is 13.1 Å². The Morgan fingerprint density at radius 1 is 1.25 bits per heavy atom. The van der Waals surface area contributed by atoms with Crippen molar-refractivity contribution in [2.45, 2.75) is 6.42 Å². The van der Waals surface area contributed by atoms with Gasteiger partial charge in [-0.2, -0.15) is 0 Å². The zero-order chi connectivity index (χ0) is 8.23. The third-order valence-corrected chi connectivity index (χ3v) is 1.95. The van der Waals surface area contributed by atoms with Crippen molar-refractivity contribution in [3.63, 3.8) is 0 Å². The van der Waals surface area contributed by atoms with E-state index >= 15 is 0 Å². The average Bonchev–Trinajstić information content (AvgIpc) is 2.04. The normalized spacial score (nSPS) is 16.5. The average molecular weight is 161 g/mol. The van der Waals surface area contributed by atoms with Gasteiger partial charge in [-0.1, -0.05) is 0 Å². The highest BCUT2D eigenvalue weighted by Gasteiger charge is 2.07. The van der Waals surface area contributed by atoms with E-state index in [0.717, 1.165) is 5.56 Å². The van der Waals surface area contributed by atoms with Crippen LogP contribution in [-0.4, -0.2) is 28.0 Å². The summed E-state index contributed by atoms with van der Waals surface area (Å²) in [6.45, 7) is 2.37. The molecule has 0 radical (unpaired) electrons. The van der Waals surface area contributed by atoms with Crippen molar-refractivity contribution in [3.05, 3.63) is 30.5 Å². The Labute approximate surface area is 71.8 Å². The minimum atomic E-state index is 1.06. The van der Waals surface area contributed by atoms with E-state index < -0.39 is 0 Å². The summed E-state index contributed by atoms with van der Waals surface area (Å²) in [5.41, 5.74) is 1.06. The van der Waals surface area contributed by atoms with Gasteiger partial charge in [0.2, 0.25) is 0 Å². The zero-order valence-electron chi connectivity index (χ0n) is 6.85. The molecule has 0 amide bonds. The molecule has 0 spiro atoms. The largest absolute Gasteiger partial charge is 0.377 e. The van der Waals surface area contributed by atoms with Crippen LogP contribution in [0.4, 0.5) is 0 Å². The lowest BCUT2D eigenvalue weighted by atomic mass is 10.2. The molecule has 62 valence electrons. The van der Waals surface area contributed by atoms with Crippen molar-refractivity contribution in [1.82, 2.24) is 14.9 Å². The first-order valence-corrected chi connectivity index (χ1v) is 4.12. The van der Waals surface area contributed by atoms with Crippen molar-refractivity contribution in [2.24, 2.45) is 0 Å². The molecular weight excluding hydrogens is 150 g/mol. The highest BCUT2D eigenvalue weighted by molar-refractivity contribution is 5.45. The molecule has 0 aromatic carbocycles. The SMILES string of the molecule is C(=CN1CCC1)c1cncnc1. The van der Waals surface area contributed by atoms with Crippen LogP contribution in [0.1, 0.15) is 12.0 Å². The summed E-state index contributed by atoms with van der Waals surface area (Å²) in [5.74, 6) is 0. The van der Waals surface area contributed by atoms with Gasteiger partial charge in [-0.3, -0.25) is 0 Å². The summed E-state index contributed by atoms with van der Waals surface area (Å²) < 4.78 is 0. The standard InChI is InChI=1S/C9H11N3/c1-3-12(4-1)5-2-9-6-10-8-11-7-9/h2,5-8H,1,3-4H2. The van der Waals surface area contributed by atoms with Gasteiger partial charge in [-0.05, 0) is 18.7 Å². The molecule has 1 aromatic rings. The molecule has 12 heavy (non-hydrogen) atoms. The Balaban J connectivity index is 1.98. The summed E-state index contributed by atoms with van der Waals surface area (Å²) in [5, 5.41) is 0. The minimum absolute atomic E-state index is 1.06. The molecule has 0 aliphatic carbocycles. The van der Waals surface area contributed by atoms with Crippen LogP contribution in [0, 0.1) is 0 Å². The second-order valence-corrected chi connectivity index (χ2v) is 2.88. The first kappa shape index (κ1) is 7.28. The predicted molar refractivity (Wildman–Crippen MR) is 47.3 cm³/mol. The highest BCUT2D eigenvalue weighted by Crippen LogP contribution is 2.07. The maximum Gasteiger partial charge on any atom is 0.115 e. The maximum atomic E-state index is 3.93. The molecule has 1 aliphatic rings. The molecule has 1 aromatic heterocycles. The number of rotatable bonds is 2. The second kappa shape index (κ2) is 3.34. The smallest absolute Gasteiger partial charge is 0.115 e. The minimum Gasteiger partial charge on any atom is -0.377 e. The van der Waals surface area contributed by atoms with Gasteiger partial charge in [0, 0.05) is 31.0 Å². The Bertz CT molecular complexity index is 264. The second-order valence-electron chi connectivity index (χ2n) is 2.88. The van der Waals surface area contributed by atoms with E-state index in [4.69, 9.17) is 0 Å². The quantitative estimate of drug-likeness (QED) is 0.651. The summed E-state index contributed by atoms with van der Waals surface area (Å²) in [7, 11) is 0. The Kier molecular flexibility index (Phi) is 2.03. The predicted octanol–water partition coefficient (Wildman–Crippen LogP) is 1.15. The van der Waals surface area contributed by atoms with Crippen LogP contribution in [0.15, 0.2) is 24.9 Å². The van der Waals surface area contributed by atoms with Crippen LogP contribution in [0.5, 0.6) is 0 Å². The maximum absolute atomic E-state index is 3.93. The Hall–Kier alpha value is -1.38. The van der Waals surface area contributed by atoms with Crippen LogP contribution >= 0.6 is 0 Å². The van der Waals surface area contributed by atoms with E-state index in [1.807, 2.05) is 18.5 Å². The lowest BCUT2D eigenvalue weighted by molar-refractivity contribution is 0.265. The molecular formula is C9H11N3. The molecule has 3 nitrogen and oxygen atoms in total. The topological polar surface area (TPSA) is 29.0 Å². The van der Waals surface area contributed by atoms with Gasteiger partial charge < -0.3 is 4.90 Å².